The van der Waals surface area contributed by atoms with Crippen molar-refractivity contribution in [2.75, 3.05) is 31.5 Å². The van der Waals surface area contributed by atoms with E-state index in [-0.39, 0.29) is 17.9 Å². The number of fused-ring (bicyclic) bond motifs is 3. The zero-order valence-corrected chi connectivity index (χ0v) is 19.8. The van der Waals surface area contributed by atoms with Crippen LogP contribution in [-0.2, 0) is 19.9 Å². The first-order valence-corrected chi connectivity index (χ1v) is 12.9. The first kappa shape index (κ1) is 22.3. The Balaban J connectivity index is 1.31. The summed E-state index contributed by atoms with van der Waals surface area (Å²) in [6.07, 6.45) is 1.43. The Morgan fingerprint density at radius 3 is 2.21 bits per heavy atom. The molecule has 3 saturated heterocycles. The highest BCUT2D eigenvalue weighted by Gasteiger charge is 2.49. The van der Waals surface area contributed by atoms with Gasteiger partial charge in [0, 0.05) is 34.2 Å². The maximum atomic E-state index is 13.9. The summed E-state index contributed by atoms with van der Waals surface area (Å²) in [6, 6.07) is 16.4. The van der Waals surface area contributed by atoms with E-state index in [2.05, 4.69) is 5.32 Å². The second-order valence-corrected chi connectivity index (χ2v) is 10.9. The summed E-state index contributed by atoms with van der Waals surface area (Å²) >= 11 is 2.56. The van der Waals surface area contributed by atoms with Gasteiger partial charge in [0.2, 0.25) is 0 Å². The number of esters is 1. The number of hydrogen-bond acceptors (Lipinski definition) is 6. The zero-order chi connectivity index (χ0) is 22.9. The summed E-state index contributed by atoms with van der Waals surface area (Å²) in [5, 5.41) is 20.5. The molecule has 6 nitrogen and oxygen atoms in total. The third kappa shape index (κ3) is 4.36. The molecule has 172 valence electrons. The molecular weight excluding hydrogens is 456 g/mol. The molecule has 3 aromatic rings. The van der Waals surface area contributed by atoms with E-state index >= 15 is 0 Å². The van der Waals surface area contributed by atoms with Crippen molar-refractivity contribution in [3.63, 3.8) is 0 Å². The molecule has 5 heterocycles. The van der Waals surface area contributed by atoms with Gasteiger partial charge in [-0.25, -0.2) is 0 Å². The summed E-state index contributed by atoms with van der Waals surface area (Å²) in [4.78, 5) is 27.0. The van der Waals surface area contributed by atoms with E-state index in [1.54, 1.807) is 24.3 Å². The van der Waals surface area contributed by atoms with Gasteiger partial charge >= 0.3 is 5.97 Å². The number of thiophene rings is 2. The highest BCUT2D eigenvalue weighted by atomic mass is 32.1. The van der Waals surface area contributed by atoms with E-state index in [1.807, 2.05) is 41.1 Å². The van der Waals surface area contributed by atoms with Gasteiger partial charge in [-0.05, 0) is 35.0 Å². The topological polar surface area (TPSA) is 78.5 Å². The van der Waals surface area contributed by atoms with Crippen LogP contribution < -0.4 is 10.4 Å². The number of quaternary nitrogens is 1. The van der Waals surface area contributed by atoms with E-state index in [9.17, 15) is 14.7 Å². The molecule has 3 aliphatic heterocycles. The summed E-state index contributed by atoms with van der Waals surface area (Å²) in [6.45, 7) is 2.69. The summed E-state index contributed by atoms with van der Waals surface area (Å²) < 4.78 is 6.57. The Hall–Kier alpha value is -2.52. The third-order valence-electron chi connectivity index (χ3n) is 6.86. The molecule has 3 fully saturated rings. The van der Waals surface area contributed by atoms with Crippen LogP contribution in [-0.4, -0.2) is 48.6 Å². The van der Waals surface area contributed by atoms with Gasteiger partial charge in [0.15, 0.2) is 12.6 Å². The van der Waals surface area contributed by atoms with Gasteiger partial charge in [-0.2, -0.15) is 0 Å². The van der Waals surface area contributed by atoms with E-state index in [0.717, 1.165) is 31.6 Å². The van der Waals surface area contributed by atoms with Crippen LogP contribution in [0.15, 0.2) is 65.4 Å². The molecule has 0 aliphatic carbocycles. The number of carbonyl (C=O) groups excluding carboxylic acids is 2. The minimum Gasteiger partial charge on any atom is -0.833 e. The largest absolute Gasteiger partial charge is 0.833 e. The maximum absolute atomic E-state index is 13.9. The molecule has 3 aliphatic rings. The molecule has 1 N–H and O–H groups in total. The number of para-hydroxylation sites is 1. The molecule has 0 spiro atoms. The average Bonchev–Trinajstić information content (AvgIpc) is 3.54. The number of anilines is 1. The molecule has 1 aromatic carbocycles. The third-order valence-corrected chi connectivity index (χ3v) is 8.80. The number of piperidine rings is 3. The van der Waals surface area contributed by atoms with Crippen LogP contribution in [0.3, 0.4) is 0 Å². The van der Waals surface area contributed by atoms with Crippen molar-refractivity contribution < 1.29 is 23.9 Å². The Kier molecular flexibility index (Phi) is 6.09. The molecule has 0 radical (unpaired) electrons. The number of benzene rings is 1. The quantitative estimate of drug-likeness (QED) is 0.414. The van der Waals surface area contributed by atoms with E-state index < -0.39 is 11.6 Å². The number of rotatable bonds is 7. The second-order valence-electron chi connectivity index (χ2n) is 8.96. The van der Waals surface area contributed by atoms with Crippen molar-refractivity contribution in [3.8, 4) is 0 Å². The second kappa shape index (κ2) is 9.02. The molecule has 1 atom stereocenters. The number of hydrogen-bond donors (Lipinski definition) is 1. The van der Waals surface area contributed by atoms with Gasteiger partial charge in [0.25, 0.3) is 5.91 Å². The molecule has 1 amide bonds. The number of nitrogens with one attached hydrogen (secondary N) is 1. The molecule has 2 bridgehead atoms. The molecule has 2 aromatic heterocycles. The van der Waals surface area contributed by atoms with Crippen molar-refractivity contribution in [3.05, 3.63) is 75.1 Å². The van der Waals surface area contributed by atoms with Crippen LogP contribution in [0.5, 0.6) is 0 Å². The molecule has 0 saturated carbocycles. The number of nitrogens with zero attached hydrogens (tertiary/aromatic N) is 1. The number of ether oxygens (including phenoxy) is 1. The monoisotopic (exact) mass is 482 g/mol. The lowest BCUT2D eigenvalue weighted by Crippen LogP contribution is -2.66. The predicted octanol–water partition coefficient (Wildman–Crippen LogP) is 3.20. The highest BCUT2D eigenvalue weighted by molar-refractivity contribution is 7.12. The first-order valence-electron chi connectivity index (χ1n) is 11.2. The van der Waals surface area contributed by atoms with Crippen molar-refractivity contribution in [1.82, 2.24) is 0 Å². The fraction of sp³-hybridized carbons (Fsp3) is 0.360. The Morgan fingerprint density at radius 1 is 1.00 bits per heavy atom. The van der Waals surface area contributed by atoms with Crippen LogP contribution in [0, 0.1) is 5.92 Å². The predicted molar refractivity (Wildman–Crippen MR) is 127 cm³/mol. The highest BCUT2D eigenvalue weighted by Crippen LogP contribution is 2.39. The Labute approximate surface area is 201 Å². The van der Waals surface area contributed by atoms with Crippen LogP contribution in [0.1, 0.15) is 22.6 Å². The van der Waals surface area contributed by atoms with Crippen LogP contribution in [0.4, 0.5) is 5.69 Å². The summed E-state index contributed by atoms with van der Waals surface area (Å²) in [5.74, 6) is -0.540. The standard InChI is InChI=1S/C25H26N2O4S2/c28-23(26-19-6-2-1-3-7-19)17-27-12-10-18(11-13-27)20(16-27)31-24(29)25(30,21-8-4-14-32-21)22-9-5-15-33-22/h1-9,14-15,18,20H,10-13,16-17H2,(H,26,28). The summed E-state index contributed by atoms with van der Waals surface area (Å²) in [5.41, 5.74) is -1.28. The van der Waals surface area contributed by atoms with Crippen LogP contribution in [0.2, 0.25) is 0 Å². The molecule has 6 rings (SSSR count). The van der Waals surface area contributed by atoms with Gasteiger partial charge in [-0.3, -0.25) is 9.59 Å². The van der Waals surface area contributed by atoms with Gasteiger partial charge < -0.3 is 19.6 Å². The minimum atomic E-state index is -2.05. The first-order chi connectivity index (χ1) is 16.0. The molecule has 8 heteroatoms. The SMILES string of the molecule is O=C(C[N+]12CCC(CC1)C(OC(=O)C([O-])(c1cccs1)c1cccs1)C2)Nc1ccccc1. The van der Waals surface area contributed by atoms with Gasteiger partial charge in [-0.15, -0.1) is 22.7 Å². The molecule has 1 unspecified atom stereocenters. The Bertz CT molecular complexity index is 1060. The fourth-order valence-corrected chi connectivity index (χ4v) is 6.81. The van der Waals surface area contributed by atoms with E-state index in [4.69, 9.17) is 4.74 Å². The van der Waals surface area contributed by atoms with Gasteiger partial charge in [0.1, 0.15) is 6.54 Å². The minimum absolute atomic E-state index is 0.0398. The van der Waals surface area contributed by atoms with Gasteiger partial charge in [0.05, 0.1) is 18.7 Å². The molecular formula is C25H26N2O4S2. The average molecular weight is 483 g/mol. The number of carbonyl (C=O) groups is 2. The molecule has 33 heavy (non-hydrogen) atoms. The smallest absolute Gasteiger partial charge is 0.306 e. The lowest BCUT2D eigenvalue weighted by atomic mass is 9.83. The van der Waals surface area contributed by atoms with E-state index in [1.165, 1.54) is 22.7 Å². The fourth-order valence-electron chi connectivity index (χ4n) is 5.10. The lowest BCUT2D eigenvalue weighted by molar-refractivity contribution is -0.939. The lowest BCUT2D eigenvalue weighted by Gasteiger charge is -2.52. The van der Waals surface area contributed by atoms with Crippen molar-refractivity contribution in [1.29, 1.82) is 0 Å². The Morgan fingerprint density at radius 2 is 1.64 bits per heavy atom. The maximum Gasteiger partial charge on any atom is 0.306 e. The summed E-state index contributed by atoms with van der Waals surface area (Å²) in [7, 11) is 0. The van der Waals surface area contributed by atoms with Crippen LogP contribution >= 0.6 is 22.7 Å². The number of amides is 1. The van der Waals surface area contributed by atoms with Crippen LogP contribution in [0.25, 0.3) is 0 Å². The van der Waals surface area contributed by atoms with Gasteiger partial charge in [-0.1, -0.05) is 30.3 Å². The van der Waals surface area contributed by atoms with Crippen molar-refractivity contribution >= 4 is 40.2 Å². The van der Waals surface area contributed by atoms with Crippen molar-refractivity contribution in [2.24, 2.45) is 5.92 Å². The zero-order valence-electron chi connectivity index (χ0n) is 18.1. The van der Waals surface area contributed by atoms with Crippen molar-refractivity contribution in [2.45, 2.75) is 24.5 Å². The van der Waals surface area contributed by atoms with E-state index in [0.29, 0.717) is 27.3 Å². The normalized spacial score (nSPS) is 24.4.